The van der Waals surface area contributed by atoms with Crippen molar-refractivity contribution in [1.29, 1.82) is 0 Å². The Balaban J connectivity index is 2.36. The molecule has 0 bridgehead atoms. The van der Waals surface area contributed by atoms with Gasteiger partial charge in [-0.25, -0.2) is 0 Å². The third-order valence-electron chi connectivity index (χ3n) is 3.10. The molecule has 1 aromatic rings. The Bertz CT molecular complexity index is 275. The van der Waals surface area contributed by atoms with Crippen LogP contribution in [0.25, 0.3) is 0 Å². The maximum absolute atomic E-state index is 2.35. The smallest absolute Gasteiger partial charge is 0.0190 e. The minimum atomic E-state index is 0.724. The minimum Gasteiger partial charge on any atom is -0.0654 e. The summed E-state index contributed by atoms with van der Waals surface area (Å²) in [6.07, 6.45) is 6.83. The summed E-state index contributed by atoms with van der Waals surface area (Å²) in [6.45, 7) is 6.79. The van der Waals surface area contributed by atoms with Gasteiger partial charge in [-0.15, -0.1) is 0 Å². The van der Waals surface area contributed by atoms with Gasteiger partial charge in [0, 0.05) is 0 Å². The molecule has 1 unspecified atom stereocenters. The number of rotatable bonds is 6. The highest BCUT2D eigenvalue weighted by atomic mass is 14.1. The van der Waals surface area contributed by atoms with E-state index in [4.69, 9.17) is 0 Å². The summed E-state index contributed by atoms with van der Waals surface area (Å²) in [5.41, 5.74) is 2.89. The van der Waals surface area contributed by atoms with Crippen molar-refractivity contribution in [2.45, 2.75) is 58.8 Å². The highest BCUT2D eigenvalue weighted by Crippen LogP contribution is 2.22. The summed E-state index contributed by atoms with van der Waals surface area (Å²) in [4.78, 5) is 0. The summed E-state index contributed by atoms with van der Waals surface area (Å²) < 4.78 is 0. The number of hydrogen-bond acceptors (Lipinski definition) is 0. The minimum absolute atomic E-state index is 0.724. The van der Waals surface area contributed by atoms with E-state index >= 15 is 0 Å². The number of benzene rings is 1. The van der Waals surface area contributed by atoms with Crippen LogP contribution in [-0.2, 0) is 0 Å². The second-order valence-corrected chi connectivity index (χ2v) is 4.66. The lowest BCUT2D eigenvalue weighted by Gasteiger charge is -2.12. The molecule has 15 heavy (non-hydrogen) atoms. The molecule has 0 radical (unpaired) electrons. The first-order valence-corrected chi connectivity index (χ1v) is 6.30. The van der Waals surface area contributed by atoms with Crippen LogP contribution in [0.5, 0.6) is 0 Å². The lowest BCUT2D eigenvalue weighted by atomic mass is 9.94. The van der Waals surface area contributed by atoms with Gasteiger partial charge in [0.2, 0.25) is 0 Å². The van der Waals surface area contributed by atoms with E-state index in [1.165, 1.54) is 43.2 Å². The summed E-state index contributed by atoms with van der Waals surface area (Å²) >= 11 is 0. The Morgan fingerprint density at radius 3 is 2.60 bits per heavy atom. The molecule has 0 nitrogen and oxygen atoms in total. The summed E-state index contributed by atoms with van der Waals surface area (Å²) in [5, 5.41) is 0. The third-order valence-corrected chi connectivity index (χ3v) is 3.10. The fourth-order valence-corrected chi connectivity index (χ4v) is 2.02. The van der Waals surface area contributed by atoms with Crippen molar-refractivity contribution in [3.05, 3.63) is 35.4 Å². The van der Waals surface area contributed by atoms with Gasteiger partial charge in [-0.3, -0.25) is 0 Å². The van der Waals surface area contributed by atoms with Crippen LogP contribution in [0.15, 0.2) is 24.3 Å². The predicted molar refractivity (Wildman–Crippen MR) is 68.4 cm³/mol. The molecule has 0 saturated heterocycles. The fraction of sp³-hybridized carbons (Fsp3) is 0.600. The van der Waals surface area contributed by atoms with Crippen molar-refractivity contribution >= 4 is 0 Å². The van der Waals surface area contributed by atoms with E-state index in [9.17, 15) is 0 Å². The van der Waals surface area contributed by atoms with Crippen LogP contribution in [0, 0.1) is 6.92 Å². The van der Waals surface area contributed by atoms with Crippen LogP contribution in [0.3, 0.4) is 0 Å². The van der Waals surface area contributed by atoms with Gasteiger partial charge in [0.25, 0.3) is 0 Å². The SMILES string of the molecule is CCCCCCC(C)c1cccc(C)c1. The number of hydrogen-bond donors (Lipinski definition) is 0. The monoisotopic (exact) mass is 204 g/mol. The van der Waals surface area contributed by atoms with Crippen LogP contribution < -0.4 is 0 Å². The molecule has 0 fully saturated rings. The first-order valence-electron chi connectivity index (χ1n) is 6.30. The van der Waals surface area contributed by atoms with Gasteiger partial charge < -0.3 is 0 Å². The molecule has 0 amide bonds. The van der Waals surface area contributed by atoms with Gasteiger partial charge in [0.1, 0.15) is 0 Å². The quantitative estimate of drug-likeness (QED) is 0.568. The Hall–Kier alpha value is -0.780. The molecule has 0 aliphatic heterocycles. The van der Waals surface area contributed by atoms with Crippen molar-refractivity contribution in [3.63, 3.8) is 0 Å². The maximum Gasteiger partial charge on any atom is -0.0190 e. The van der Waals surface area contributed by atoms with E-state index < -0.39 is 0 Å². The second-order valence-electron chi connectivity index (χ2n) is 4.66. The third kappa shape index (κ3) is 4.51. The van der Waals surface area contributed by atoms with Gasteiger partial charge in [0.05, 0.1) is 0 Å². The Morgan fingerprint density at radius 2 is 1.93 bits per heavy atom. The zero-order valence-electron chi connectivity index (χ0n) is 10.4. The molecule has 0 aliphatic rings. The maximum atomic E-state index is 2.35. The molecule has 0 heterocycles. The molecule has 0 spiro atoms. The lowest BCUT2D eigenvalue weighted by molar-refractivity contribution is 0.580. The van der Waals surface area contributed by atoms with Crippen molar-refractivity contribution in [2.75, 3.05) is 0 Å². The molecule has 0 N–H and O–H groups in total. The summed E-state index contributed by atoms with van der Waals surface area (Å²) in [5.74, 6) is 0.724. The van der Waals surface area contributed by atoms with E-state index in [1.54, 1.807) is 0 Å². The van der Waals surface area contributed by atoms with Crippen LogP contribution in [0.2, 0.25) is 0 Å². The van der Waals surface area contributed by atoms with Crippen LogP contribution in [0.4, 0.5) is 0 Å². The molecular weight excluding hydrogens is 180 g/mol. The van der Waals surface area contributed by atoms with E-state index in [0.29, 0.717) is 0 Å². The van der Waals surface area contributed by atoms with Crippen molar-refractivity contribution < 1.29 is 0 Å². The first kappa shape index (κ1) is 12.3. The zero-order chi connectivity index (χ0) is 11.1. The zero-order valence-corrected chi connectivity index (χ0v) is 10.4. The normalized spacial score (nSPS) is 12.7. The van der Waals surface area contributed by atoms with Gasteiger partial charge in [-0.2, -0.15) is 0 Å². The van der Waals surface area contributed by atoms with Crippen molar-refractivity contribution in [2.24, 2.45) is 0 Å². The van der Waals surface area contributed by atoms with E-state index in [1.807, 2.05) is 0 Å². The van der Waals surface area contributed by atoms with E-state index in [-0.39, 0.29) is 0 Å². The second kappa shape index (κ2) is 6.66. The standard InChI is InChI=1S/C15H24/c1-4-5-6-7-10-14(3)15-11-8-9-13(2)12-15/h8-9,11-12,14H,4-7,10H2,1-3H3. The number of unbranched alkanes of at least 4 members (excludes halogenated alkanes) is 3. The molecular formula is C15H24. The van der Waals surface area contributed by atoms with Crippen LogP contribution >= 0.6 is 0 Å². The van der Waals surface area contributed by atoms with Gasteiger partial charge in [-0.05, 0) is 24.8 Å². The molecule has 0 heteroatoms. The molecule has 1 aromatic carbocycles. The Kier molecular flexibility index (Phi) is 5.45. The highest BCUT2D eigenvalue weighted by molar-refractivity contribution is 5.24. The largest absolute Gasteiger partial charge is 0.0654 e. The molecule has 1 rings (SSSR count). The Morgan fingerprint density at radius 1 is 1.13 bits per heavy atom. The average molecular weight is 204 g/mol. The molecule has 0 aromatic heterocycles. The van der Waals surface area contributed by atoms with E-state index in [0.717, 1.165) is 5.92 Å². The summed E-state index contributed by atoms with van der Waals surface area (Å²) in [7, 11) is 0. The fourth-order valence-electron chi connectivity index (χ4n) is 2.02. The topological polar surface area (TPSA) is 0 Å². The van der Waals surface area contributed by atoms with Crippen molar-refractivity contribution in [1.82, 2.24) is 0 Å². The number of aryl methyl sites for hydroxylation is 1. The highest BCUT2D eigenvalue weighted by Gasteiger charge is 2.04. The van der Waals surface area contributed by atoms with E-state index in [2.05, 4.69) is 45.0 Å². The summed E-state index contributed by atoms with van der Waals surface area (Å²) in [6, 6.07) is 8.93. The Labute approximate surface area is 94.7 Å². The van der Waals surface area contributed by atoms with Gasteiger partial charge in [-0.1, -0.05) is 69.4 Å². The van der Waals surface area contributed by atoms with Crippen LogP contribution in [-0.4, -0.2) is 0 Å². The van der Waals surface area contributed by atoms with Gasteiger partial charge in [0.15, 0.2) is 0 Å². The van der Waals surface area contributed by atoms with Crippen molar-refractivity contribution in [3.8, 4) is 0 Å². The molecule has 1 atom stereocenters. The molecule has 84 valence electrons. The molecule has 0 saturated carbocycles. The van der Waals surface area contributed by atoms with Gasteiger partial charge >= 0.3 is 0 Å². The lowest BCUT2D eigenvalue weighted by Crippen LogP contribution is -1.94. The first-order chi connectivity index (χ1) is 7.24. The predicted octanol–water partition coefficient (Wildman–Crippen LogP) is 5.07. The molecule has 0 aliphatic carbocycles. The average Bonchev–Trinajstić information content (AvgIpc) is 2.24. The van der Waals surface area contributed by atoms with Crippen LogP contribution in [0.1, 0.15) is 63.0 Å².